The van der Waals surface area contributed by atoms with Crippen LogP contribution in [0.4, 0.5) is 0 Å². The minimum absolute atomic E-state index is 0.292. The lowest BCUT2D eigenvalue weighted by Gasteiger charge is -2.02. The zero-order valence-electron chi connectivity index (χ0n) is 9.97. The van der Waals surface area contributed by atoms with Crippen LogP contribution in [-0.4, -0.2) is 8.42 Å². The number of rotatable bonds is 4. The number of benzene rings is 1. The van der Waals surface area contributed by atoms with Crippen molar-refractivity contribution in [2.45, 2.75) is 32.1 Å². The van der Waals surface area contributed by atoms with Crippen molar-refractivity contribution in [2.75, 3.05) is 0 Å². The Bertz CT molecular complexity index is 455. The van der Waals surface area contributed by atoms with Gasteiger partial charge in [0.1, 0.15) is 0 Å². The summed E-state index contributed by atoms with van der Waals surface area (Å²) in [4.78, 5) is 0.359. The summed E-state index contributed by atoms with van der Waals surface area (Å²) in [5.74, 6) is 0.292. The topological polar surface area (TPSA) is 34.1 Å². The highest BCUT2D eigenvalue weighted by atomic mass is 32.2. The minimum atomic E-state index is -3.26. The Morgan fingerprint density at radius 2 is 1.81 bits per heavy atom. The number of allylic oxidation sites excluding steroid dienone is 1. The summed E-state index contributed by atoms with van der Waals surface area (Å²) < 4.78 is 23.8. The van der Waals surface area contributed by atoms with Gasteiger partial charge >= 0.3 is 0 Å². The van der Waals surface area contributed by atoms with Gasteiger partial charge in [-0.25, -0.2) is 8.42 Å². The fourth-order valence-electron chi connectivity index (χ4n) is 1.18. The van der Waals surface area contributed by atoms with Gasteiger partial charge in [0, 0.05) is 5.41 Å². The largest absolute Gasteiger partial charge is 0.219 e. The lowest BCUT2D eigenvalue weighted by atomic mass is 10.1. The van der Waals surface area contributed by atoms with E-state index < -0.39 is 9.84 Å². The van der Waals surface area contributed by atoms with E-state index in [1.165, 1.54) is 5.41 Å². The van der Waals surface area contributed by atoms with E-state index >= 15 is 0 Å². The van der Waals surface area contributed by atoms with Gasteiger partial charge in [0.15, 0.2) is 9.84 Å². The molecule has 3 heteroatoms. The molecular formula is C13H18O2S. The van der Waals surface area contributed by atoms with Crippen LogP contribution in [-0.2, 0) is 9.84 Å². The Morgan fingerprint density at radius 3 is 2.31 bits per heavy atom. The lowest BCUT2D eigenvalue weighted by Crippen LogP contribution is -1.97. The van der Waals surface area contributed by atoms with Gasteiger partial charge in [-0.1, -0.05) is 44.0 Å². The summed E-state index contributed by atoms with van der Waals surface area (Å²) in [5, 5.41) is 1.31. The monoisotopic (exact) mass is 238 g/mol. The number of hydrogen-bond acceptors (Lipinski definition) is 2. The molecule has 0 fully saturated rings. The Hall–Kier alpha value is -1.09. The second kappa shape index (κ2) is 5.30. The van der Waals surface area contributed by atoms with Crippen molar-refractivity contribution < 1.29 is 8.42 Å². The molecule has 1 unspecified atom stereocenters. The third-order valence-corrected chi connectivity index (χ3v) is 4.02. The maximum atomic E-state index is 11.9. The van der Waals surface area contributed by atoms with Crippen molar-refractivity contribution in [2.24, 2.45) is 5.92 Å². The second-order valence-electron chi connectivity index (χ2n) is 4.07. The molecule has 16 heavy (non-hydrogen) atoms. The van der Waals surface area contributed by atoms with Crippen LogP contribution in [0, 0.1) is 12.8 Å². The van der Waals surface area contributed by atoms with Crippen LogP contribution in [0.25, 0.3) is 0 Å². The molecule has 0 heterocycles. The summed E-state index contributed by atoms with van der Waals surface area (Å²) in [6.45, 7) is 5.97. The quantitative estimate of drug-likeness (QED) is 0.806. The molecule has 0 N–H and O–H groups in total. The predicted molar refractivity (Wildman–Crippen MR) is 67.0 cm³/mol. The van der Waals surface area contributed by atoms with Gasteiger partial charge in [0.2, 0.25) is 0 Å². The maximum Gasteiger partial charge on any atom is 0.199 e. The van der Waals surface area contributed by atoms with E-state index in [-0.39, 0.29) is 0 Å². The molecule has 1 aromatic rings. The van der Waals surface area contributed by atoms with E-state index in [0.29, 0.717) is 10.8 Å². The molecule has 0 saturated carbocycles. The molecule has 0 spiro atoms. The van der Waals surface area contributed by atoms with E-state index in [2.05, 4.69) is 0 Å². The normalized spacial score (nSPS) is 14.2. The molecule has 0 aliphatic carbocycles. The first-order valence-corrected chi connectivity index (χ1v) is 7.00. The zero-order valence-corrected chi connectivity index (χ0v) is 10.8. The summed E-state index contributed by atoms with van der Waals surface area (Å²) in [7, 11) is -3.26. The van der Waals surface area contributed by atoms with Gasteiger partial charge in [0.05, 0.1) is 4.90 Å². The number of sulfone groups is 1. The summed E-state index contributed by atoms with van der Waals surface area (Å²) in [6, 6.07) is 6.91. The van der Waals surface area contributed by atoms with E-state index in [1.54, 1.807) is 18.2 Å². The molecule has 0 radical (unpaired) electrons. The first kappa shape index (κ1) is 13.0. The summed E-state index contributed by atoms with van der Waals surface area (Å²) >= 11 is 0. The molecule has 0 aromatic heterocycles. The zero-order chi connectivity index (χ0) is 12.2. The fraction of sp³-hybridized carbons (Fsp3) is 0.385. The van der Waals surface area contributed by atoms with Crippen LogP contribution < -0.4 is 0 Å². The smallest absolute Gasteiger partial charge is 0.199 e. The van der Waals surface area contributed by atoms with Gasteiger partial charge in [-0.05, 0) is 25.0 Å². The van der Waals surface area contributed by atoms with E-state index in [0.717, 1.165) is 12.0 Å². The van der Waals surface area contributed by atoms with Crippen LogP contribution in [0.15, 0.2) is 40.6 Å². The predicted octanol–water partition coefficient (Wildman–Crippen LogP) is 3.33. The Morgan fingerprint density at radius 1 is 1.25 bits per heavy atom. The first-order chi connectivity index (χ1) is 7.45. The fourth-order valence-corrected chi connectivity index (χ4v) is 2.33. The van der Waals surface area contributed by atoms with Crippen LogP contribution in [0.5, 0.6) is 0 Å². The number of aryl methyl sites for hydroxylation is 1. The Balaban J connectivity index is 2.94. The van der Waals surface area contributed by atoms with Crippen molar-refractivity contribution >= 4 is 9.84 Å². The molecule has 1 aromatic carbocycles. The highest BCUT2D eigenvalue weighted by Gasteiger charge is 2.09. The molecule has 1 atom stereocenters. The molecule has 0 saturated heterocycles. The second-order valence-corrected chi connectivity index (χ2v) is 5.91. The minimum Gasteiger partial charge on any atom is -0.219 e. The average molecular weight is 238 g/mol. The van der Waals surface area contributed by atoms with Crippen LogP contribution in [0.2, 0.25) is 0 Å². The van der Waals surface area contributed by atoms with Crippen LogP contribution in [0.1, 0.15) is 25.8 Å². The van der Waals surface area contributed by atoms with Crippen molar-refractivity contribution in [3.8, 4) is 0 Å². The Labute approximate surface area is 97.9 Å². The molecule has 0 aliphatic heterocycles. The van der Waals surface area contributed by atoms with Gasteiger partial charge in [0.25, 0.3) is 0 Å². The average Bonchev–Trinajstić information content (AvgIpc) is 2.26. The maximum absolute atomic E-state index is 11.9. The van der Waals surface area contributed by atoms with E-state index in [1.807, 2.05) is 32.9 Å². The first-order valence-electron chi connectivity index (χ1n) is 5.45. The third kappa shape index (κ3) is 3.49. The molecule has 1 rings (SSSR count). The highest BCUT2D eigenvalue weighted by Crippen LogP contribution is 2.14. The van der Waals surface area contributed by atoms with Gasteiger partial charge in [-0.15, -0.1) is 0 Å². The lowest BCUT2D eigenvalue weighted by molar-refractivity contribution is 0.603. The van der Waals surface area contributed by atoms with Crippen LogP contribution >= 0.6 is 0 Å². The van der Waals surface area contributed by atoms with E-state index in [9.17, 15) is 8.42 Å². The molecule has 2 nitrogen and oxygen atoms in total. The van der Waals surface area contributed by atoms with Crippen LogP contribution in [0.3, 0.4) is 0 Å². The van der Waals surface area contributed by atoms with Crippen molar-refractivity contribution in [3.63, 3.8) is 0 Å². The highest BCUT2D eigenvalue weighted by molar-refractivity contribution is 7.94. The number of hydrogen-bond donors (Lipinski definition) is 0. The molecule has 0 amide bonds. The van der Waals surface area contributed by atoms with E-state index in [4.69, 9.17) is 0 Å². The third-order valence-electron chi connectivity index (χ3n) is 2.58. The van der Waals surface area contributed by atoms with Gasteiger partial charge < -0.3 is 0 Å². The molecule has 0 bridgehead atoms. The van der Waals surface area contributed by atoms with Crippen molar-refractivity contribution in [1.82, 2.24) is 0 Å². The SMILES string of the molecule is CCC(C)/C=C/S(=O)(=O)c1ccc(C)cc1. The standard InChI is InChI=1S/C13H18O2S/c1-4-11(2)9-10-16(14,15)13-7-5-12(3)6-8-13/h5-11H,4H2,1-3H3/b10-9+. The van der Waals surface area contributed by atoms with Gasteiger partial charge in [-0.2, -0.15) is 0 Å². The molecule has 0 aliphatic rings. The summed E-state index contributed by atoms with van der Waals surface area (Å²) in [6.07, 6.45) is 2.69. The van der Waals surface area contributed by atoms with Crippen molar-refractivity contribution in [3.05, 3.63) is 41.3 Å². The van der Waals surface area contributed by atoms with Crippen molar-refractivity contribution in [1.29, 1.82) is 0 Å². The molecule has 88 valence electrons. The molecular weight excluding hydrogens is 220 g/mol. The Kier molecular flexibility index (Phi) is 4.30. The van der Waals surface area contributed by atoms with Gasteiger partial charge in [-0.3, -0.25) is 0 Å². The summed E-state index contributed by atoms with van der Waals surface area (Å²) in [5.41, 5.74) is 1.06.